The van der Waals surface area contributed by atoms with Crippen LogP contribution in [0.5, 0.6) is 5.75 Å². The summed E-state index contributed by atoms with van der Waals surface area (Å²) in [5, 5.41) is 9.35. The van der Waals surface area contributed by atoms with Crippen molar-refractivity contribution in [1.29, 1.82) is 0 Å². The van der Waals surface area contributed by atoms with Gasteiger partial charge in [-0.05, 0) is 33.9 Å². The number of methoxy groups -OCH3 is 1. The van der Waals surface area contributed by atoms with Crippen LogP contribution >= 0.6 is 0 Å². The van der Waals surface area contributed by atoms with Gasteiger partial charge in [-0.3, -0.25) is 4.90 Å². The predicted octanol–water partition coefficient (Wildman–Crippen LogP) is 2.21. The number of ether oxygens (including phenoxy) is 1. The van der Waals surface area contributed by atoms with Crippen LogP contribution in [0.15, 0.2) is 18.2 Å². The smallest absolute Gasteiger partial charge is 0.123 e. The van der Waals surface area contributed by atoms with Crippen LogP contribution < -0.4 is 4.74 Å². The van der Waals surface area contributed by atoms with Gasteiger partial charge in [0.1, 0.15) is 5.75 Å². The van der Waals surface area contributed by atoms with Crippen LogP contribution in [0.3, 0.4) is 0 Å². The molecule has 3 nitrogen and oxygen atoms in total. The van der Waals surface area contributed by atoms with Gasteiger partial charge >= 0.3 is 0 Å². The maximum Gasteiger partial charge on any atom is 0.123 e. The minimum absolute atomic E-state index is 0.137. The summed E-state index contributed by atoms with van der Waals surface area (Å²) in [5.41, 5.74) is 2.14. The molecule has 0 aromatic heterocycles. The monoisotopic (exact) mass is 237 g/mol. The molecule has 0 radical (unpaired) electrons. The Labute approximate surface area is 104 Å². The molecule has 0 atom stereocenters. The third-order valence-corrected chi connectivity index (χ3v) is 3.26. The van der Waals surface area contributed by atoms with E-state index in [0.29, 0.717) is 0 Å². The van der Waals surface area contributed by atoms with E-state index in [9.17, 15) is 5.11 Å². The molecule has 0 aliphatic carbocycles. The number of aliphatic hydroxyl groups is 1. The zero-order valence-electron chi connectivity index (χ0n) is 11.4. The molecule has 1 aromatic rings. The molecule has 1 N–H and O–H groups in total. The molecule has 0 aliphatic rings. The minimum atomic E-state index is -0.227. The first-order valence-electron chi connectivity index (χ1n) is 5.86. The Hall–Kier alpha value is -1.06. The summed E-state index contributed by atoms with van der Waals surface area (Å²) in [7, 11) is 3.70. The Morgan fingerprint density at radius 1 is 1.35 bits per heavy atom. The van der Waals surface area contributed by atoms with Gasteiger partial charge in [-0.15, -0.1) is 0 Å². The maximum absolute atomic E-state index is 9.35. The first-order valence-corrected chi connectivity index (χ1v) is 5.86. The fraction of sp³-hybridized carbons (Fsp3) is 0.571. The number of likely N-dealkylation sites (N-methyl/N-ethyl adjacent to an activating group) is 1. The van der Waals surface area contributed by atoms with Crippen LogP contribution in [0.2, 0.25) is 0 Å². The molecule has 0 heterocycles. The van der Waals surface area contributed by atoms with Crippen molar-refractivity contribution in [1.82, 2.24) is 4.90 Å². The third-order valence-electron chi connectivity index (χ3n) is 3.26. The molecule has 0 saturated heterocycles. The van der Waals surface area contributed by atoms with Crippen LogP contribution in [-0.4, -0.2) is 36.3 Å². The molecule has 17 heavy (non-hydrogen) atoms. The Kier molecular flexibility index (Phi) is 4.54. The molecule has 0 aliphatic heterocycles. The van der Waals surface area contributed by atoms with Gasteiger partial charge in [0.05, 0.1) is 13.7 Å². The van der Waals surface area contributed by atoms with Crippen LogP contribution in [0.4, 0.5) is 0 Å². The maximum atomic E-state index is 9.35. The predicted molar refractivity (Wildman–Crippen MR) is 70.4 cm³/mol. The number of aliphatic hydroxyl groups excluding tert-OH is 1. The highest BCUT2D eigenvalue weighted by atomic mass is 16.5. The summed E-state index contributed by atoms with van der Waals surface area (Å²) in [4.78, 5) is 2.13. The van der Waals surface area contributed by atoms with Gasteiger partial charge in [0.25, 0.3) is 0 Å². The van der Waals surface area contributed by atoms with Gasteiger partial charge in [0.2, 0.25) is 0 Å². The zero-order valence-corrected chi connectivity index (χ0v) is 11.4. The zero-order chi connectivity index (χ0) is 13.1. The molecule has 1 rings (SSSR count). The number of hydrogen-bond acceptors (Lipinski definition) is 3. The molecule has 1 aromatic carbocycles. The first-order chi connectivity index (χ1) is 7.90. The average Bonchev–Trinajstić information content (AvgIpc) is 2.29. The number of nitrogens with zero attached hydrogens (tertiary/aromatic N) is 1. The Morgan fingerprint density at radius 2 is 2.00 bits per heavy atom. The molecule has 3 heteroatoms. The second-order valence-corrected chi connectivity index (χ2v) is 5.14. The van der Waals surface area contributed by atoms with Crippen LogP contribution in [0.1, 0.15) is 25.0 Å². The summed E-state index contributed by atoms with van der Waals surface area (Å²) in [5.74, 6) is 0.899. The van der Waals surface area contributed by atoms with E-state index in [-0.39, 0.29) is 12.1 Å². The van der Waals surface area contributed by atoms with Gasteiger partial charge in [-0.2, -0.15) is 0 Å². The van der Waals surface area contributed by atoms with E-state index in [1.807, 2.05) is 33.0 Å². The van der Waals surface area contributed by atoms with E-state index >= 15 is 0 Å². The second-order valence-electron chi connectivity index (χ2n) is 5.14. The number of hydrogen-bond donors (Lipinski definition) is 1. The lowest BCUT2D eigenvalue weighted by Gasteiger charge is -2.34. The fourth-order valence-corrected chi connectivity index (χ4v) is 1.62. The van der Waals surface area contributed by atoms with Gasteiger partial charge in [0.15, 0.2) is 0 Å². The highest BCUT2D eigenvalue weighted by molar-refractivity contribution is 5.36. The number of aryl methyl sites for hydroxylation is 1. The third kappa shape index (κ3) is 3.45. The molecular formula is C14H23NO2. The first kappa shape index (κ1) is 14.0. The highest BCUT2D eigenvalue weighted by Crippen LogP contribution is 2.23. The molecular weight excluding hydrogens is 214 g/mol. The summed E-state index contributed by atoms with van der Waals surface area (Å²) >= 11 is 0. The van der Waals surface area contributed by atoms with E-state index < -0.39 is 0 Å². The topological polar surface area (TPSA) is 32.7 Å². The minimum Gasteiger partial charge on any atom is -0.496 e. The Bertz CT molecular complexity index is 374. The molecule has 0 spiro atoms. The van der Waals surface area contributed by atoms with Crippen LogP contribution in [-0.2, 0) is 6.54 Å². The van der Waals surface area contributed by atoms with E-state index in [0.717, 1.165) is 17.9 Å². The Balaban J connectivity index is 2.91. The average molecular weight is 237 g/mol. The van der Waals surface area contributed by atoms with Crippen LogP contribution in [0.25, 0.3) is 0 Å². The lowest BCUT2D eigenvalue weighted by molar-refractivity contribution is 0.0728. The van der Waals surface area contributed by atoms with Crippen molar-refractivity contribution in [3.8, 4) is 5.75 Å². The molecule has 0 bridgehead atoms. The summed E-state index contributed by atoms with van der Waals surface area (Å²) in [6.07, 6.45) is 0. The number of rotatable bonds is 5. The molecule has 0 amide bonds. The quantitative estimate of drug-likeness (QED) is 0.852. The van der Waals surface area contributed by atoms with Gasteiger partial charge < -0.3 is 9.84 Å². The van der Waals surface area contributed by atoms with Crippen molar-refractivity contribution < 1.29 is 9.84 Å². The lowest BCUT2D eigenvalue weighted by Crippen LogP contribution is -2.43. The summed E-state index contributed by atoms with van der Waals surface area (Å²) < 4.78 is 5.36. The van der Waals surface area contributed by atoms with Crippen molar-refractivity contribution in [3.05, 3.63) is 29.3 Å². The second kappa shape index (κ2) is 5.52. The molecule has 0 saturated carbocycles. The van der Waals surface area contributed by atoms with E-state index in [4.69, 9.17) is 4.74 Å². The van der Waals surface area contributed by atoms with E-state index in [1.165, 1.54) is 5.56 Å². The molecule has 96 valence electrons. The van der Waals surface area contributed by atoms with Crippen molar-refractivity contribution in [2.24, 2.45) is 0 Å². The lowest BCUT2D eigenvalue weighted by atomic mass is 10.0. The van der Waals surface area contributed by atoms with Crippen molar-refractivity contribution in [2.75, 3.05) is 20.8 Å². The fourth-order valence-electron chi connectivity index (χ4n) is 1.62. The largest absolute Gasteiger partial charge is 0.496 e. The van der Waals surface area contributed by atoms with Crippen LogP contribution in [0, 0.1) is 6.92 Å². The van der Waals surface area contributed by atoms with Gasteiger partial charge in [-0.1, -0.05) is 17.7 Å². The normalized spacial score (nSPS) is 11.9. The standard InChI is InChI=1S/C14H23NO2/c1-11-6-7-13(17-5)12(8-11)9-15(4)14(2,3)10-16/h6-8,16H,9-10H2,1-5H3. The van der Waals surface area contributed by atoms with Crippen molar-refractivity contribution in [3.63, 3.8) is 0 Å². The van der Waals surface area contributed by atoms with Gasteiger partial charge in [0, 0.05) is 17.6 Å². The van der Waals surface area contributed by atoms with E-state index in [1.54, 1.807) is 7.11 Å². The Morgan fingerprint density at radius 3 is 2.53 bits per heavy atom. The summed E-state index contributed by atoms with van der Waals surface area (Å²) in [6, 6.07) is 6.16. The summed E-state index contributed by atoms with van der Waals surface area (Å²) in [6.45, 7) is 7.01. The van der Waals surface area contributed by atoms with Gasteiger partial charge in [-0.25, -0.2) is 0 Å². The van der Waals surface area contributed by atoms with Crippen molar-refractivity contribution >= 4 is 0 Å². The SMILES string of the molecule is COc1ccc(C)cc1CN(C)C(C)(C)CO. The molecule has 0 fully saturated rings. The highest BCUT2D eigenvalue weighted by Gasteiger charge is 2.23. The van der Waals surface area contributed by atoms with E-state index in [2.05, 4.69) is 17.9 Å². The van der Waals surface area contributed by atoms with Crippen molar-refractivity contribution in [2.45, 2.75) is 32.9 Å². The molecule has 0 unspecified atom stereocenters. The number of benzene rings is 1.